The van der Waals surface area contributed by atoms with Crippen LogP contribution in [0.4, 0.5) is 4.79 Å². The third-order valence-corrected chi connectivity index (χ3v) is 6.45. The summed E-state index contributed by atoms with van der Waals surface area (Å²) in [5, 5.41) is -5.21. The fourth-order valence-electron chi connectivity index (χ4n) is 2.62. The van der Waals surface area contributed by atoms with Gasteiger partial charge in [-0.1, -0.05) is 24.0 Å². The van der Waals surface area contributed by atoms with Crippen LogP contribution < -0.4 is 0 Å². The molecule has 0 bridgehead atoms. The maximum atomic E-state index is 11.9. The van der Waals surface area contributed by atoms with E-state index in [-0.39, 0.29) is 10.1 Å². The molecule has 17 heteroatoms. The van der Waals surface area contributed by atoms with Crippen molar-refractivity contribution in [2.75, 3.05) is 0 Å². The van der Waals surface area contributed by atoms with Crippen LogP contribution in [-0.4, -0.2) is 76.4 Å². The van der Waals surface area contributed by atoms with Crippen LogP contribution in [0.5, 0.6) is 0 Å². The topological polar surface area (TPSA) is 219 Å². The minimum absolute atomic E-state index is 0.347. The maximum absolute atomic E-state index is 11.9. The van der Waals surface area contributed by atoms with Gasteiger partial charge in [0.15, 0.2) is 10.5 Å². The van der Waals surface area contributed by atoms with Gasteiger partial charge in [-0.25, -0.2) is 0 Å². The lowest BCUT2D eigenvalue weighted by Gasteiger charge is -2.16. The summed E-state index contributed by atoms with van der Waals surface area (Å²) in [6, 6.07) is 0. The third-order valence-electron chi connectivity index (χ3n) is 3.95. The summed E-state index contributed by atoms with van der Waals surface area (Å²) in [5.74, 6) is -9.25. The number of amides is 4. The van der Waals surface area contributed by atoms with Crippen LogP contribution in [0.2, 0.25) is 0 Å². The Morgan fingerprint density at radius 1 is 0.750 bits per heavy atom. The monoisotopic (exact) mass is 444 g/mol. The summed E-state index contributed by atoms with van der Waals surface area (Å²) in [6.45, 7) is 1.89. The molecule has 0 spiro atoms. The molecule has 0 aromatic rings. The van der Waals surface area contributed by atoms with Crippen molar-refractivity contribution < 1.29 is 59.6 Å². The van der Waals surface area contributed by atoms with Crippen LogP contribution in [0.15, 0.2) is 0 Å². The van der Waals surface area contributed by atoms with Crippen molar-refractivity contribution in [3.05, 3.63) is 0 Å². The fourth-order valence-corrected chi connectivity index (χ4v) is 4.59. The molecule has 2 saturated heterocycles. The van der Waals surface area contributed by atoms with Gasteiger partial charge in [0.2, 0.25) is 0 Å². The summed E-state index contributed by atoms with van der Waals surface area (Å²) in [6.07, 6.45) is -2.05. The van der Waals surface area contributed by atoms with Crippen LogP contribution in [0, 0.1) is 11.8 Å². The van der Waals surface area contributed by atoms with Crippen molar-refractivity contribution >= 4 is 50.0 Å². The van der Waals surface area contributed by atoms with Gasteiger partial charge in [0.1, 0.15) is 0 Å². The summed E-state index contributed by atoms with van der Waals surface area (Å²) < 4.78 is 62.6. The molecule has 2 fully saturated rings. The second-order valence-corrected chi connectivity index (χ2v) is 8.90. The van der Waals surface area contributed by atoms with Crippen LogP contribution in [0.25, 0.3) is 0 Å². The van der Waals surface area contributed by atoms with Crippen molar-refractivity contribution in [3.63, 3.8) is 0 Å². The molecule has 0 aromatic carbocycles. The maximum Gasteiger partial charge on any atom is 0.560 e. The van der Waals surface area contributed by atoms with E-state index in [1.807, 2.05) is 0 Å². The lowest BCUT2D eigenvalue weighted by atomic mass is 10.1. The molecular weight excluding hydrogens is 432 g/mol. The molecular formula is C11H12N2O13S2. The number of rotatable bonds is 4. The van der Waals surface area contributed by atoms with Crippen molar-refractivity contribution in [3.8, 4) is 0 Å². The third kappa shape index (κ3) is 3.55. The molecule has 2 heterocycles. The molecule has 2 N–H and O–H groups in total. The Morgan fingerprint density at radius 3 is 1.25 bits per heavy atom. The quantitative estimate of drug-likeness (QED) is 0.338. The van der Waals surface area contributed by atoms with E-state index in [0.717, 1.165) is 13.8 Å². The van der Waals surface area contributed by atoms with Gasteiger partial charge in [0, 0.05) is 0 Å². The molecule has 15 nitrogen and oxygen atoms in total. The number of hydroxylamine groups is 4. The zero-order valence-corrected chi connectivity index (χ0v) is 15.5. The van der Waals surface area contributed by atoms with E-state index in [2.05, 4.69) is 9.68 Å². The Balaban J connectivity index is 2.17. The predicted molar refractivity (Wildman–Crippen MR) is 80.3 cm³/mol. The van der Waals surface area contributed by atoms with Gasteiger partial charge in [-0.15, -0.1) is 0 Å². The van der Waals surface area contributed by atoms with E-state index >= 15 is 0 Å². The number of carbonyl (C=O) groups is 5. The standard InChI is InChI=1S/C11H12N2O13S2/c1-3-5(27(19,20)21)9(16)12(7(3)14)25-11(18)26-13-8(15)4(2)6(10(13)17)28(22,23)24/h3-6H,1-2H3,(H,19,20,21)(H,22,23,24). The second-order valence-electron chi connectivity index (χ2n) is 5.82. The first-order valence-corrected chi connectivity index (χ1v) is 10.2. The molecule has 0 aliphatic carbocycles. The van der Waals surface area contributed by atoms with Crippen molar-refractivity contribution in [2.24, 2.45) is 11.8 Å². The van der Waals surface area contributed by atoms with Crippen LogP contribution >= 0.6 is 0 Å². The number of nitrogens with zero attached hydrogens (tertiary/aromatic N) is 2. The highest BCUT2D eigenvalue weighted by molar-refractivity contribution is 7.87. The molecule has 0 radical (unpaired) electrons. The smallest absolute Gasteiger partial charge is 0.293 e. The van der Waals surface area contributed by atoms with E-state index in [9.17, 15) is 40.8 Å². The molecule has 2 aliphatic rings. The van der Waals surface area contributed by atoms with Crippen molar-refractivity contribution in [2.45, 2.75) is 24.3 Å². The molecule has 0 aromatic heterocycles. The minimum Gasteiger partial charge on any atom is -0.293 e. The van der Waals surface area contributed by atoms with E-state index in [0.29, 0.717) is 0 Å². The highest BCUT2D eigenvalue weighted by Gasteiger charge is 2.56. The van der Waals surface area contributed by atoms with Gasteiger partial charge < -0.3 is 0 Å². The number of hydrogen-bond donors (Lipinski definition) is 2. The van der Waals surface area contributed by atoms with Crippen molar-refractivity contribution in [1.29, 1.82) is 0 Å². The average molecular weight is 444 g/mol. The Labute approximate surface area is 156 Å². The van der Waals surface area contributed by atoms with E-state index in [4.69, 9.17) is 9.11 Å². The number of imide groups is 2. The largest absolute Gasteiger partial charge is 0.560 e. The van der Waals surface area contributed by atoms with Gasteiger partial charge in [0.25, 0.3) is 43.9 Å². The normalized spacial score (nSPS) is 28.9. The van der Waals surface area contributed by atoms with E-state index in [1.54, 1.807) is 0 Å². The lowest BCUT2D eigenvalue weighted by molar-refractivity contribution is -0.199. The molecule has 28 heavy (non-hydrogen) atoms. The van der Waals surface area contributed by atoms with Gasteiger partial charge in [-0.2, -0.15) is 21.6 Å². The summed E-state index contributed by atoms with van der Waals surface area (Å²) in [4.78, 5) is 67.5. The molecule has 4 atom stereocenters. The lowest BCUT2D eigenvalue weighted by Crippen LogP contribution is -2.41. The zero-order chi connectivity index (χ0) is 21.8. The molecule has 4 amide bonds. The molecule has 2 aliphatic heterocycles. The Bertz CT molecular complexity index is 906. The fraction of sp³-hybridized carbons (Fsp3) is 0.545. The Kier molecular flexibility index (Phi) is 5.23. The first kappa shape index (κ1) is 21.7. The van der Waals surface area contributed by atoms with Crippen LogP contribution in [0.3, 0.4) is 0 Å². The summed E-state index contributed by atoms with van der Waals surface area (Å²) in [5.41, 5.74) is 0. The second kappa shape index (κ2) is 6.76. The summed E-state index contributed by atoms with van der Waals surface area (Å²) >= 11 is 0. The first-order valence-electron chi connectivity index (χ1n) is 7.17. The van der Waals surface area contributed by atoms with E-state index in [1.165, 1.54) is 0 Å². The Morgan fingerprint density at radius 2 is 1.04 bits per heavy atom. The molecule has 2 rings (SSSR count). The zero-order valence-electron chi connectivity index (χ0n) is 13.9. The van der Waals surface area contributed by atoms with Gasteiger partial charge in [-0.3, -0.25) is 38.0 Å². The summed E-state index contributed by atoms with van der Waals surface area (Å²) in [7, 11) is -10.1. The van der Waals surface area contributed by atoms with Crippen LogP contribution in [0.1, 0.15) is 13.8 Å². The van der Waals surface area contributed by atoms with Crippen LogP contribution in [-0.2, 0) is 49.1 Å². The number of carbonyl (C=O) groups excluding carboxylic acids is 5. The Hall–Kier alpha value is -2.63. The average Bonchev–Trinajstić information content (AvgIpc) is 2.85. The SMILES string of the molecule is CC1C(=O)N(OC(=O)ON2C(=O)C(C)C(S(=O)(=O)O)C2=O)C(=O)C1S(=O)(=O)O. The molecule has 0 saturated carbocycles. The van der Waals surface area contributed by atoms with E-state index < -0.39 is 72.4 Å². The predicted octanol–water partition coefficient (Wildman–Crippen LogP) is -2.51. The van der Waals surface area contributed by atoms with Gasteiger partial charge >= 0.3 is 6.16 Å². The van der Waals surface area contributed by atoms with Gasteiger partial charge in [-0.05, 0) is 0 Å². The first-order chi connectivity index (χ1) is 12.6. The highest BCUT2D eigenvalue weighted by atomic mass is 32.2. The highest BCUT2D eigenvalue weighted by Crippen LogP contribution is 2.28. The molecule has 4 unspecified atom stereocenters. The number of hydrogen-bond acceptors (Lipinski definition) is 11. The molecule has 156 valence electrons. The van der Waals surface area contributed by atoms with Gasteiger partial charge in [0.05, 0.1) is 11.8 Å². The minimum atomic E-state index is -5.03. The van der Waals surface area contributed by atoms with Crippen molar-refractivity contribution in [1.82, 2.24) is 10.1 Å².